The van der Waals surface area contributed by atoms with Crippen molar-refractivity contribution in [3.63, 3.8) is 0 Å². The maximum atomic E-state index is 14.6. The molecule has 34 heavy (non-hydrogen) atoms. The van der Waals surface area contributed by atoms with Gasteiger partial charge in [0.25, 0.3) is 12.0 Å². The van der Waals surface area contributed by atoms with Crippen LogP contribution in [0.25, 0.3) is 10.9 Å². The van der Waals surface area contributed by atoms with E-state index < -0.39 is 35.2 Å². The molecule has 0 unspecified atom stereocenters. The summed E-state index contributed by atoms with van der Waals surface area (Å²) in [5.41, 5.74) is -2.09. The molecule has 180 valence electrons. The number of nitrogens with one attached hydrogen (secondary N) is 1. The molecule has 10 heteroatoms. The highest BCUT2D eigenvalue weighted by Crippen LogP contribution is 2.50. The number of aryl methyl sites for hydroxylation is 1. The second-order valence-corrected chi connectivity index (χ2v) is 9.45. The number of pyridine rings is 1. The lowest BCUT2D eigenvalue weighted by Gasteiger charge is -2.51. The summed E-state index contributed by atoms with van der Waals surface area (Å²) in [7, 11) is 0. The van der Waals surface area contributed by atoms with Crippen LogP contribution in [0.15, 0.2) is 35.3 Å². The summed E-state index contributed by atoms with van der Waals surface area (Å²) < 4.78 is 42.5. The van der Waals surface area contributed by atoms with Crippen molar-refractivity contribution in [1.29, 1.82) is 0 Å². The number of hydrogen-bond donors (Lipinski definition) is 3. The van der Waals surface area contributed by atoms with Gasteiger partial charge in [-0.15, -0.1) is 0 Å². The highest BCUT2D eigenvalue weighted by molar-refractivity contribution is 5.88. The van der Waals surface area contributed by atoms with Crippen LogP contribution in [-0.4, -0.2) is 30.3 Å². The highest BCUT2D eigenvalue weighted by Gasteiger charge is 2.49. The number of aromatic nitrogens is 3. The van der Waals surface area contributed by atoms with Crippen LogP contribution in [0.5, 0.6) is 0 Å². The van der Waals surface area contributed by atoms with Gasteiger partial charge < -0.3 is 20.1 Å². The molecule has 0 radical (unpaired) electrons. The quantitative estimate of drug-likeness (QED) is 0.482. The van der Waals surface area contributed by atoms with Gasteiger partial charge in [-0.1, -0.05) is 18.2 Å². The van der Waals surface area contributed by atoms with E-state index in [9.17, 15) is 28.2 Å². The highest BCUT2D eigenvalue weighted by atomic mass is 19.3. The molecule has 6 rings (SSSR count). The average Bonchev–Trinajstić information content (AvgIpc) is 2.79. The van der Waals surface area contributed by atoms with Crippen LogP contribution in [0.1, 0.15) is 68.1 Å². The van der Waals surface area contributed by atoms with Crippen molar-refractivity contribution < 1.29 is 23.4 Å². The molecule has 7 nitrogen and oxygen atoms in total. The zero-order valence-corrected chi connectivity index (χ0v) is 18.6. The van der Waals surface area contributed by atoms with E-state index in [-0.39, 0.29) is 16.9 Å². The maximum Gasteiger partial charge on any atom is 0.266 e. The van der Waals surface area contributed by atoms with Crippen LogP contribution in [0.4, 0.5) is 19.0 Å². The molecule has 3 N–H and O–H groups in total. The molecule has 3 aliphatic carbocycles. The van der Waals surface area contributed by atoms with Crippen molar-refractivity contribution in [3.8, 4) is 0 Å². The van der Waals surface area contributed by atoms with Crippen LogP contribution < -0.4 is 10.9 Å². The fourth-order valence-electron chi connectivity index (χ4n) is 5.36. The minimum atomic E-state index is -3.02. The third-order valence-corrected chi connectivity index (χ3v) is 7.38. The number of benzene rings is 1. The van der Waals surface area contributed by atoms with E-state index in [0.29, 0.717) is 55.3 Å². The first-order chi connectivity index (χ1) is 16.1. The van der Waals surface area contributed by atoms with E-state index in [1.54, 1.807) is 17.7 Å². The summed E-state index contributed by atoms with van der Waals surface area (Å²) in [5, 5.41) is 24.4. The van der Waals surface area contributed by atoms with Gasteiger partial charge in [-0.25, -0.2) is 23.1 Å². The minimum Gasteiger partial charge on any atom is -0.390 e. The van der Waals surface area contributed by atoms with Crippen LogP contribution in [0, 0.1) is 12.7 Å². The van der Waals surface area contributed by atoms with E-state index in [1.165, 1.54) is 18.2 Å². The largest absolute Gasteiger partial charge is 0.390 e. The number of anilines is 1. The normalized spacial score (nSPS) is 25.1. The molecule has 2 heterocycles. The summed E-state index contributed by atoms with van der Waals surface area (Å²) in [6.45, 7) is 1.61. The van der Waals surface area contributed by atoms with Gasteiger partial charge in [-0.3, -0.25) is 4.79 Å². The van der Waals surface area contributed by atoms with E-state index in [0.717, 1.165) is 6.07 Å². The second-order valence-electron chi connectivity index (χ2n) is 9.45. The Hall–Kier alpha value is -2.98. The van der Waals surface area contributed by atoms with E-state index in [2.05, 4.69) is 15.3 Å². The number of hydrogen-bond acceptors (Lipinski definition) is 6. The molecule has 0 aliphatic heterocycles. The molecule has 3 saturated carbocycles. The second kappa shape index (κ2) is 8.06. The van der Waals surface area contributed by atoms with Gasteiger partial charge in [0, 0.05) is 23.4 Å². The Morgan fingerprint density at radius 3 is 2.38 bits per heavy atom. The van der Waals surface area contributed by atoms with Gasteiger partial charge in [0.05, 0.1) is 22.1 Å². The number of rotatable bonds is 5. The van der Waals surface area contributed by atoms with Crippen LogP contribution in [0.2, 0.25) is 0 Å². The maximum absolute atomic E-state index is 14.6. The zero-order chi connectivity index (χ0) is 24.3. The number of fused-ring (bicyclic) bond motifs is 4. The Balaban J connectivity index is 1.56. The van der Waals surface area contributed by atoms with Gasteiger partial charge in [-0.2, -0.15) is 0 Å². The molecule has 3 aliphatic rings. The summed E-state index contributed by atoms with van der Waals surface area (Å²) in [4.78, 5) is 21.7. The standard InChI is InChI=1S/C24H25F3N4O3/c1-13-28-17-11-18(32)31(23-5-8-24(34,9-6-23)10-7-23)12-16(17)21(29-13)30-22(33)15-4-2-3-14(19(15)25)20(26)27/h2-4,11-12,20,22,33-34H,5-10H2,1H3,(H,28,29,30)/t22-,23?,24?/m1/s1. The Morgan fingerprint density at radius 1 is 1.09 bits per heavy atom. The van der Waals surface area contributed by atoms with Gasteiger partial charge in [0.2, 0.25) is 0 Å². The Bertz CT molecular complexity index is 1300. The number of halogens is 3. The van der Waals surface area contributed by atoms with Crippen molar-refractivity contribution >= 4 is 16.7 Å². The van der Waals surface area contributed by atoms with Gasteiger partial charge >= 0.3 is 0 Å². The van der Waals surface area contributed by atoms with Crippen LogP contribution in [0.3, 0.4) is 0 Å². The van der Waals surface area contributed by atoms with Crippen molar-refractivity contribution in [2.75, 3.05) is 5.32 Å². The smallest absolute Gasteiger partial charge is 0.266 e. The van der Waals surface area contributed by atoms with E-state index >= 15 is 0 Å². The molecule has 3 fully saturated rings. The predicted octanol–water partition coefficient (Wildman–Crippen LogP) is 4.07. The monoisotopic (exact) mass is 474 g/mol. The fraction of sp³-hybridized carbons (Fsp3) is 0.458. The molecule has 1 atom stereocenters. The van der Waals surface area contributed by atoms with Gasteiger partial charge in [0.1, 0.15) is 17.5 Å². The van der Waals surface area contributed by atoms with Gasteiger partial charge in [0.15, 0.2) is 6.23 Å². The molecule has 2 bridgehead atoms. The number of aliphatic hydroxyl groups excluding tert-OH is 1. The summed E-state index contributed by atoms with van der Waals surface area (Å²) >= 11 is 0. The van der Waals surface area contributed by atoms with Crippen molar-refractivity contribution in [2.24, 2.45) is 0 Å². The molecule has 3 aromatic rings. The summed E-state index contributed by atoms with van der Waals surface area (Å²) in [5.74, 6) is -0.717. The Labute approximate surface area is 193 Å². The lowest BCUT2D eigenvalue weighted by Crippen LogP contribution is -2.53. The molecule has 2 aromatic heterocycles. The predicted molar refractivity (Wildman–Crippen MR) is 119 cm³/mol. The SMILES string of the molecule is Cc1nc(N[C@H](O)c2cccc(C(F)F)c2F)c2cn(C34CCC(O)(CC3)CC4)c(=O)cc2n1. The summed E-state index contributed by atoms with van der Waals surface area (Å²) in [6.07, 6.45) is 0.812. The molecular weight excluding hydrogens is 449 g/mol. The fourth-order valence-corrected chi connectivity index (χ4v) is 5.36. The third-order valence-electron chi connectivity index (χ3n) is 7.38. The zero-order valence-electron chi connectivity index (χ0n) is 18.6. The molecule has 1 aromatic carbocycles. The van der Waals surface area contributed by atoms with Crippen molar-refractivity contribution in [3.05, 3.63) is 63.6 Å². The molecule has 0 spiro atoms. The van der Waals surface area contributed by atoms with Crippen molar-refractivity contribution in [1.82, 2.24) is 14.5 Å². The van der Waals surface area contributed by atoms with Crippen molar-refractivity contribution in [2.45, 2.75) is 69.2 Å². The first-order valence-electron chi connectivity index (χ1n) is 11.3. The average molecular weight is 474 g/mol. The summed E-state index contributed by atoms with van der Waals surface area (Å²) in [6, 6.07) is 4.84. The van der Waals surface area contributed by atoms with Crippen LogP contribution >= 0.6 is 0 Å². The lowest BCUT2D eigenvalue weighted by atomic mass is 9.63. The van der Waals surface area contributed by atoms with E-state index in [1.807, 2.05) is 0 Å². The molecular formula is C24H25F3N4O3. The first kappa shape index (κ1) is 22.8. The molecule has 0 saturated heterocycles. The number of alkyl halides is 2. The number of aliphatic hydroxyl groups is 2. The number of nitrogens with zero attached hydrogens (tertiary/aromatic N) is 3. The van der Waals surface area contributed by atoms with Crippen LogP contribution in [-0.2, 0) is 5.54 Å². The Morgan fingerprint density at radius 2 is 1.74 bits per heavy atom. The molecule has 0 amide bonds. The lowest BCUT2D eigenvalue weighted by molar-refractivity contribution is -0.0865. The minimum absolute atomic E-state index is 0.158. The Kier molecular flexibility index (Phi) is 5.40. The first-order valence-corrected chi connectivity index (χ1v) is 11.3. The van der Waals surface area contributed by atoms with E-state index in [4.69, 9.17) is 0 Å². The topological polar surface area (TPSA) is 100 Å². The van der Waals surface area contributed by atoms with Gasteiger partial charge in [-0.05, 0) is 45.4 Å². The third kappa shape index (κ3) is 3.74.